The third-order valence-electron chi connectivity index (χ3n) is 5.04. The minimum Gasteiger partial charge on any atom is -0.493 e. The lowest BCUT2D eigenvalue weighted by Crippen LogP contribution is -2.37. The third kappa shape index (κ3) is 2.90. The Morgan fingerprint density at radius 1 is 1.28 bits per heavy atom. The van der Waals surface area contributed by atoms with E-state index < -0.39 is 0 Å². The first-order chi connectivity index (χ1) is 12.1. The van der Waals surface area contributed by atoms with Crippen LogP contribution in [0.4, 0.5) is 0 Å². The molecule has 2 aromatic rings. The van der Waals surface area contributed by atoms with Crippen molar-refractivity contribution >= 4 is 5.91 Å². The van der Waals surface area contributed by atoms with Crippen LogP contribution in [0.15, 0.2) is 28.8 Å². The van der Waals surface area contributed by atoms with Crippen molar-refractivity contribution in [3.63, 3.8) is 0 Å². The number of ether oxygens (including phenoxy) is 1. The first kappa shape index (κ1) is 16.1. The molecule has 0 spiro atoms. The number of hydrogen-bond donors (Lipinski definition) is 0. The van der Waals surface area contributed by atoms with Crippen molar-refractivity contribution in [1.29, 1.82) is 0 Å². The number of aromatic nitrogens is 2. The summed E-state index contributed by atoms with van der Waals surface area (Å²) >= 11 is 0. The Kier molecular flexibility index (Phi) is 4.19. The molecule has 3 heterocycles. The molecule has 2 aliphatic rings. The van der Waals surface area contributed by atoms with Crippen LogP contribution in [0.2, 0.25) is 0 Å². The molecule has 1 amide bonds. The highest BCUT2D eigenvalue weighted by Gasteiger charge is 2.38. The van der Waals surface area contributed by atoms with Crippen molar-refractivity contribution in [2.75, 3.05) is 13.2 Å². The maximum Gasteiger partial charge on any atom is 0.231 e. The van der Waals surface area contributed by atoms with Crippen LogP contribution in [0, 0.1) is 0 Å². The Bertz CT molecular complexity index is 771. The Balaban J connectivity index is 1.59. The fraction of sp³-hybridized carbons (Fsp3) is 0.526. The van der Waals surface area contributed by atoms with Crippen molar-refractivity contribution in [2.24, 2.45) is 0 Å². The summed E-state index contributed by atoms with van der Waals surface area (Å²) in [7, 11) is 0. The molecule has 4 rings (SSSR count). The van der Waals surface area contributed by atoms with Crippen LogP contribution in [0.5, 0.6) is 5.75 Å². The van der Waals surface area contributed by atoms with E-state index in [0.29, 0.717) is 24.7 Å². The van der Waals surface area contributed by atoms with Crippen molar-refractivity contribution in [3.05, 3.63) is 41.5 Å². The number of carbonyl (C=O) groups is 1. The van der Waals surface area contributed by atoms with Crippen molar-refractivity contribution in [3.8, 4) is 5.75 Å². The molecule has 0 saturated carbocycles. The minimum atomic E-state index is -0.151. The summed E-state index contributed by atoms with van der Waals surface area (Å²) < 4.78 is 11.0. The lowest BCUT2D eigenvalue weighted by Gasteiger charge is -2.30. The summed E-state index contributed by atoms with van der Waals surface area (Å²) in [5, 5.41) is 4.14. The maximum atomic E-state index is 13.3. The van der Waals surface area contributed by atoms with Crippen LogP contribution in [0.3, 0.4) is 0 Å². The fourth-order valence-corrected chi connectivity index (χ4v) is 3.71. The van der Waals surface area contributed by atoms with E-state index >= 15 is 0 Å². The lowest BCUT2D eigenvalue weighted by atomic mass is 9.91. The molecule has 1 aromatic carbocycles. The molecule has 0 bridgehead atoms. The highest BCUT2D eigenvalue weighted by molar-refractivity contribution is 5.85. The van der Waals surface area contributed by atoms with Gasteiger partial charge in [0, 0.05) is 18.0 Å². The molecule has 6 heteroatoms. The van der Waals surface area contributed by atoms with Gasteiger partial charge >= 0.3 is 0 Å². The number of benzene rings is 1. The highest BCUT2D eigenvalue weighted by Crippen LogP contribution is 2.39. The fourth-order valence-electron chi connectivity index (χ4n) is 3.71. The standard InChI is InChI=1S/C19H23N3O3/c1-12(2)18-20-17(21-25-18)15-7-5-10-22(15)19(23)14-9-11-24-16-8-4-3-6-13(14)16/h3-4,6,8,12,14-15H,5,7,9-11H2,1-2H3/t14-,15-/m1/s1. The smallest absolute Gasteiger partial charge is 0.231 e. The quantitative estimate of drug-likeness (QED) is 0.855. The molecule has 0 radical (unpaired) electrons. The molecule has 1 saturated heterocycles. The number of nitrogens with zero attached hydrogens (tertiary/aromatic N) is 3. The van der Waals surface area contributed by atoms with Gasteiger partial charge in [0.1, 0.15) is 5.75 Å². The zero-order valence-corrected chi connectivity index (χ0v) is 14.6. The van der Waals surface area contributed by atoms with E-state index in [2.05, 4.69) is 10.1 Å². The van der Waals surface area contributed by atoms with Crippen LogP contribution in [0.1, 0.15) is 68.3 Å². The van der Waals surface area contributed by atoms with Gasteiger partial charge in [0.05, 0.1) is 18.6 Å². The number of hydrogen-bond acceptors (Lipinski definition) is 5. The van der Waals surface area contributed by atoms with E-state index in [4.69, 9.17) is 9.26 Å². The summed E-state index contributed by atoms with van der Waals surface area (Å²) in [5.41, 5.74) is 0.986. The summed E-state index contributed by atoms with van der Waals surface area (Å²) in [6, 6.07) is 7.75. The molecule has 2 atom stereocenters. The average Bonchev–Trinajstić information content (AvgIpc) is 3.29. The van der Waals surface area contributed by atoms with Crippen molar-refractivity contribution < 1.29 is 14.1 Å². The molecular formula is C19H23N3O3. The van der Waals surface area contributed by atoms with Crippen LogP contribution in [-0.2, 0) is 4.79 Å². The van der Waals surface area contributed by atoms with Crippen LogP contribution < -0.4 is 4.74 Å². The van der Waals surface area contributed by atoms with Crippen LogP contribution >= 0.6 is 0 Å². The number of rotatable bonds is 3. The second kappa shape index (κ2) is 6.50. The molecule has 6 nitrogen and oxygen atoms in total. The Morgan fingerprint density at radius 2 is 2.12 bits per heavy atom. The molecule has 132 valence electrons. The topological polar surface area (TPSA) is 68.5 Å². The number of para-hydroxylation sites is 1. The molecule has 0 aliphatic carbocycles. The van der Waals surface area contributed by atoms with Crippen molar-refractivity contribution in [2.45, 2.75) is 51.0 Å². The van der Waals surface area contributed by atoms with Gasteiger partial charge in [-0.15, -0.1) is 0 Å². The van der Waals surface area contributed by atoms with Crippen LogP contribution in [-0.4, -0.2) is 34.1 Å². The predicted molar refractivity (Wildman–Crippen MR) is 91.4 cm³/mol. The molecule has 25 heavy (non-hydrogen) atoms. The van der Waals surface area contributed by atoms with E-state index in [1.54, 1.807) is 0 Å². The van der Waals surface area contributed by atoms with E-state index in [0.717, 1.165) is 30.7 Å². The van der Waals surface area contributed by atoms with Crippen LogP contribution in [0.25, 0.3) is 0 Å². The molecule has 0 N–H and O–H groups in total. The third-order valence-corrected chi connectivity index (χ3v) is 5.04. The van der Waals surface area contributed by atoms with Gasteiger partial charge in [0.2, 0.25) is 11.8 Å². The van der Waals surface area contributed by atoms with Gasteiger partial charge in [0.15, 0.2) is 5.82 Å². The molecular weight excluding hydrogens is 318 g/mol. The van der Waals surface area contributed by atoms with E-state index in [1.807, 2.05) is 43.0 Å². The Morgan fingerprint density at radius 3 is 2.92 bits per heavy atom. The van der Waals surface area contributed by atoms with Gasteiger partial charge in [-0.25, -0.2) is 0 Å². The highest BCUT2D eigenvalue weighted by atomic mass is 16.5. The van der Waals surface area contributed by atoms with Gasteiger partial charge in [0.25, 0.3) is 0 Å². The Labute approximate surface area is 147 Å². The first-order valence-electron chi connectivity index (χ1n) is 9.01. The van der Waals surface area contributed by atoms with Gasteiger partial charge < -0.3 is 14.2 Å². The minimum absolute atomic E-state index is 0.0845. The summed E-state index contributed by atoms with van der Waals surface area (Å²) in [6.45, 7) is 5.36. The SMILES string of the molecule is CC(C)c1nc([C@H]2CCCN2C(=O)[C@@H]2CCOc3ccccc32)no1. The summed E-state index contributed by atoms with van der Waals surface area (Å²) in [6.07, 6.45) is 2.56. The average molecular weight is 341 g/mol. The molecule has 1 fully saturated rings. The van der Waals surface area contributed by atoms with Crippen molar-refractivity contribution in [1.82, 2.24) is 15.0 Å². The van der Waals surface area contributed by atoms with E-state index in [1.165, 1.54) is 0 Å². The summed E-state index contributed by atoms with van der Waals surface area (Å²) in [5.74, 6) is 2.27. The number of fused-ring (bicyclic) bond motifs is 1. The predicted octanol–water partition coefficient (Wildman–Crippen LogP) is 3.42. The number of carbonyl (C=O) groups excluding carboxylic acids is 1. The maximum absolute atomic E-state index is 13.3. The first-order valence-corrected chi connectivity index (χ1v) is 9.01. The summed E-state index contributed by atoms with van der Waals surface area (Å²) in [4.78, 5) is 19.7. The molecule has 0 unspecified atom stereocenters. The lowest BCUT2D eigenvalue weighted by molar-refractivity contribution is -0.134. The Hall–Kier alpha value is -2.37. The van der Waals surface area contributed by atoms with E-state index in [9.17, 15) is 4.79 Å². The normalized spacial score (nSPS) is 22.8. The largest absolute Gasteiger partial charge is 0.493 e. The zero-order valence-electron chi connectivity index (χ0n) is 14.6. The van der Waals surface area contributed by atoms with Gasteiger partial charge in [-0.1, -0.05) is 37.2 Å². The zero-order chi connectivity index (χ0) is 17.4. The van der Waals surface area contributed by atoms with E-state index in [-0.39, 0.29) is 23.8 Å². The number of likely N-dealkylation sites (tertiary alicyclic amines) is 1. The molecule has 2 aliphatic heterocycles. The second-order valence-electron chi connectivity index (χ2n) is 7.06. The van der Waals surface area contributed by atoms with Gasteiger partial charge in [-0.05, 0) is 25.3 Å². The number of amides is 1. The second-order valence-corrected chi connectivity index (χ2v) is 7.06. The van der Waals surface area contributed by atoms with Gasteiger partial charge in [-0.2, -0.15) is 4.98 Å². The molecule has 1 aromatic heterocycles. The monoisotopic (exact) mass is 341 g/mol. The van der Waals surface area contributed by atoms with Gasteiger partial charge in [-0.3, -0.25) is 4.79 Å².